The van der Waals surface area contributed by atoms with Gasteiger partial charge in [-0.05, 0) is 29.1 Å². The molecule has 1 aliphatic rings. The minimum atomic E-state index is 0.433. The molecule has 0 heteroatoms. The molecular formula is C12H24. The molecule has 0 heterocycles. The van der Waals surface area contributed by atoms with Crippen LogP contribution in [0.1, 0.15) is 60.8 Å². The van der Waals surface area contributed by atoms with Crippen molar-refractivity contribution in [3.63, 3.8) is 0 Å². The fourth-order valence-electron chi connectivity index (χ4n) is 2.24. The molecule has 0 saturated heterocycles. The van der Waals surface area contributed by atoms with Crippen molar-refractivity contribution in [3.05, 3.63) is 0 Å². The van der Waals surface area contributed by atoms with Crippen molar-refractivity contribution in [2.75, 3.05) is 0 Å². The SMILES string of the molecule is CC(C)(C)C(C)(C)C1(C)CCC1. The highest BCUT2D eigenvalue weighted by atomic mass is 14.6. The highest BCUT2D eigenvalue weighted by Gasteiger charge is 2.50. The number of hydrogen-bond donors (Lipinski definition) is 0. The minimum absolute atomic E-state index is 0.433. The third-order valence-electron chi connectivity index (χ3n) is 4.84. The van der Waals surface area contributed by atoms with E-state index in [2.05, 4.69) is 41.5 Å². The van der Waals surface area contributed by atoms with Gasteiger partial charge in [-0.1, -0.05) is 48.0 Å². The van der Waals surface area contributed by atoms with Crippen molar-refractivity contribution < 1.29 is 0 Å². The molecule has 12 heavy (non-hydrogen) atoms. The topological polar surface area (TPSA) is 0 Å². The van der Waals surface area contributed by atoms with Crippen molar-refractivity contribution in [2.45, 2.75) is 60.8 Å². The van der Waals surface area contributed by atoms with Crippen LogP contribution in [0.4, 0.5) is 0 Å². The molecule has 72 valence electrons. The predicted octanol–water partition coefficient (Wildman–Crippen LogP) is 4.25. The van der Waals surface area contributed by atoms with Gasteiger partial charge in [0, 0.05) is 0 Å². The average Bonchev–Trinajstić information content (AvgIpc) is 1.79. The minimum Gasteiger partial charge on any atom is -0.0596 e. The van der Waals surface area contributed by atoms with Gasteiger partial charge in [-0.3, -0.25) is 0 Å². The van der Waals surface area contributed by atoms with Crippen LogP contribution in [-0.2, 0) is 0 Å². The summed E-state index contributed by atoms with van der Waals surface area (Å²) in [5, 5.41) is 0. The molecule has 1 aliphatic carbocycles. The fourth-order valence-corrected chi connectivity index (χ4v) is 2.24. The Hall–Kier alpha value is 0. The van der Waals surface area contributed by atoms with Crippen molar-refractivity contribution >= 4 is 0 Å². The lowest BCUT2D eigenvalue weighted by molar-refractivity contribution is -0.0738. The Kier molecular flexibility index (Phi) is 2.10. The molecule has 0 bridgehead atoms. The number of hydrogen-bond acceptors (Lipinski definition) is 0. The molecular weight excluding hydrogens is 144 g/mol. The summed E-state index contributed by atoms with van der Waals surface area (Å²) in [4.78, 5) is 0. The van der Waals surface area contributed by atoms with Gasteiger partial charge in [-0.25, -0.2) is 0 Å². The molecule has 0 unspecified atom stereocenters. The van der Waals surface area contributed by atoms with E-state index in [4.69, 9.17) is 0 Å². The van der Waals surface area contributed by atoms with Gasteiger partial charge in [-0.2, -0.15) is 0 Å². The van der Waals surface area contributed by atoms with Gasteiger partial charge in [-0.15, -0.1) is 0 Å². The van der Waals surface area contributed by atoms with Gasteiger partial charge in [0.1, 0.15) is 0 Å². The van der Waals surface area contributed by atoms with Gasteiger partial charge in [0.15, 0.2) is 0 Å². The Morgan fingerprint density at radius 1 is 0.917 bits per heavy atom. The van der Waals surface area contributed by atoms with Crippen LogP contribution in [0.3, 0.4) is 0 Å². The van der Waals surface area contributed by atoms with Crippen LogP contribution in [0.5, 0.6) is 0 Å². The molecule has 0 spiro atoms. The second-order valence-corrected chi connectivity index (χ2v) is 6.29. The molecule has 0 atom stereocenters. The predicted molar refractivity (Wildman–Crippen MR) is 55.2 cm³/mol. The largest absolute Gasteiger partial charge is 0.0596 e. The smallest absolute Gasteiger partial charge is 0.0252 e. The summed E-state index contributed by atoms with van der Waals surface area (Å²) >= 11 is 0. The zero-order valence-corrected chi connectivity index (χ0v) is 9.62. The zero-order valence-electron chi connectivity index (χ0n) is 9.62. The summed E-state index contributed by atoms with van der Waals surface area (Å²) in [5.74, 6) is 0. The molecule has 0 aromatic rings. The summed E-state index contributed by atoms with van der Waals surface area (Å²) in [6, 6.07) is 0. The number of rotatable bonds is 1. The molecule has 0 nitrogen and oxygen atoms in total. The standard InChI is InChI=1S/C12H24/c1-10(2,3)11(4,5)12(6)8-7-9-12/h7-9H2,1-6H3. The van der Waals surface area contributed by atoms with Crippen LogP contribution in [-0.4, -0.2) is 0 Å². The lowest BCUT2D eigenvalue weighted by Crippen LogP contribution is -2.48. The van der Waals surface area contributed by atoms with Crippen LogP contribution < -0.4 is 0 Å². The first-order valence-corrected chi connectivity index (χ1v) is 5.21. The van der Waals surface area contributed by atoms with Crippen LogP contribution >= 0.6 is 0 Å². The van der Waals surface area contributed by atoms with E-state index in [0.29, 0.717) is 16.2 Å². The summed E-state index contributed by atoms with van der Waals surface area (Å²) in [5.41, 5.74) is 1.51. The van der Waals surface area contributed by atoms with E-state index < -0.39 is 0 Å². The summed E-state index contributed by atoms with van der Waals surface area (Å²) in [6.45, 7) is 14.4. The highest BCUT2D eigenvalue weighted by molar-refractivity contribution is 5.00. The van der Waals surface area contributed by atoms with E-state index in [0.717, 1.165) is 0 Å². The van der Waals surface area contributed by atoms with Gasteiger partial charge < -0.3 is 0 Å². The Bertz CT molecular complexity index is 165. The maximum Gasteiger partial charge on any atom is -0.0252 e. The Morgan fingerprint density at radius 3 is 1.42 bits per heavy atom. The zero-order chi connectivity index (χ0) is 9.62. The second kappa shape index (κ2) is 2.49. The fraction of sp³-hybridized carbons (Fsp3) is 1.00. The van der Waals surface area contributed by atoms with Crippen LogP contribution in [0, 0.1) is 16.2 Å². The summed E-state index contributed by atoms with van der Waals surface area (Å²) < 4.78 is 0. The lowest BCUT2D eigenvalue weighted by Gasteiger charge is -2.57. The highest BCUT2D eigenvalue weighted by Crippen LogP contribution is 2.60. The first kappa shape index (κ1) is 10.1. The quantitative estimate of drug-likeness (QED) is 0.549. The van der Waals surface area contributed by atoms with Gasteiger partial charge in [0.25, 0.3) is 0 Å². The normalized spacial score (nSPS) is 23.5. The maximum absolute atomic E-state index is 2.46. The monoisotopic (exact) mass is 168 g/mol. The van der Waals surface area contributed by atoms with E-state index in [1.807, 2.05) is 0 Å². The molecule has 0 radical (unpaired) electrons. The van der Waals surface area contributed by atoms with Crippen molar-refractivity contribution in [3.8, 4) is 0 Å². The van der Waals surface area contributed by atoms with E-state index in [1.54, 1.807) is 0 Å². The van der Waals surface area contributed by atoms with Gasteiger partial charge in [0.05, 0.1) is 0 Å². The van der Waals surface area contributed by atoms with E-state index in [1.165, 1.54) is 19.3 Å². The molecule has 1 saturated carbocycles. The van der Waals surface area contributed by atoms with E-state index in [-0.39, 0.29) is 0 Å². The molecule has 0 N–H and O–H groups in total. The molecule has 0 aliphatic heterocycles. The van der Waals surface area contributed by atoms with Gasteiger partial charge >= 0.3 is 0 Å². The van der Waals surface area contributed by atoms with Crippen molar-refractivity contribution in [1.82, 2.24) is 0 Å². The molecule has 0 aromatic heterocycles. The van der Waals surface area contributed by atoms with Crippen LogP contribution in [0.2, 0.25) is 0 Å². The third kappa shape index (κ3) is 1.20. The van der Waals surface area contributed by atoms with Crippen LogP contribution in [0.15, 0.2) is 0 Å². The first-order valence-electron chi connectivity index (χ1n) is 5.21. The van der Waals surface area contributed by atoms with Gasteiger partial charge in [0.2, 0.25) is 0 Å². The first-order chi connectivity index (χ1) is 5.21. The molecule has 0 aromatic carbocycles. The molecule has 0 amide bonds. The maximum atomic E-state index is 2.46. The lowest BCUT2D eigenvalue weighted by atomic mass is 9.48. The van der Waals surface area contributed by atoms with E-state index >= 15 is 0 Å². The van der Waals surface area contributed by atoms with Crippen molar-refractivity contribution in [1.29, 1.82) is 0 Å². The van der Waals surface area contributed by atoms with E-state index in [9.17, 15) is 0 Å². The third-order valence-corrected chi connectivity index (χ3v) is 4.84. The Morgan fingerprint density at radius 2 is 1.33 bits per heavy atom. The summed E-state index contributed by atoms with van der Waals surface area (Å²) in [7, 11) is 0. The molecule has 1 fully saturated rings. The Balaban J connectivity index is 2.84. The summed E-state index contributed by atoms with van der Waals surface area (Å²) in [6.07, 6.45) is 4.30. The van der Waals surface area contributed by atoms with Crippen LogP contribution in [0.25, 0.3) is 0 Å². The Labute approximate surface area is 77.7 Å². The molecule has 1 rings (SSSR count). The van der Waals surface area contributed by atoms with Crippen molar-refractivity contribution in [2.24, 2.45) is 16.2 Å². The second-order valence-electron chi connectivity index (χ2n) is 6.29. The average molecular weight is 168 g/mol.